The van der Waals surface area contributed by atoms with Gasteiger partial charge in [0.15, 0.2) is 5.82 Å². The third-order valence-corrected chi connectivity index (χ3v) is 2.76. The summed E-state index contributed by atoms with van der Waals surface area (Å²) in [7, 11) is 0. The van der Waals surface area contributed by atoms with Gasteiger partial charge in [-0.1, -0.05) is 0 Å². The maximum absolute atomic E-state index is 5.86. The van der Waals surface area contributed by atoms with E-state index in [1.807, 2.05) is 12.1 Å². The molecular weight excluding hydrogens is 186 g/mol. The lowest BCUT2D eigenvalue weighted by Gasteiger charge is -2.22. The highest BCUT2D eigenvalue weighted by atomic mass is 35.5. The molecule has 70 valence electrons. The number of anilines is 1. The van der Waals surface area contributed by atoms with Crippen LogP contribution in [0.4, 0.5) is 5.82 Å². The van der Waals surface area contributed by atoms with Crippen molar-refractivity contribution in [3.63, 3.8) is 0 Å². The van der Waals surface area contributed by atoms with Gasteiger partial charge in [0, 0.05) is 24.7 Å². The van der Waals surface area contributed by atoms with Gasteiger partial charge in [0.25, 0.3) is 0 Å². The fourth-order valence-electron chi connectivity index (χ4n) is 1.74. The van der Waals surface area contributed by atoms with Crippen molar-refractivity contribution < 1.29 is 0 Å². The van der Waals surface area contributed by atoms with E-state index in [2.05, 4.69) is 15.1 Å². The van der Waals surface area contributed by atoms with Crippen molar-refractivity contribution in [1.82, 2.24) is 10.2 Å². The molecule has 4 heteroatoms. The molecule has 1 fully saturated rings. The van der Waals surface area contributed by atoms with E-state index in [1.54, 1.807) is 6.20 Å². The fraction of sp³-hybridized carbons (Fsp3) is 0.556. The van der Waals surface area contributed by atoms with Crippen molar-refractivity contribution in [2.45, 2.75) is 18.9 Å². The van der Waals surface area contributed by atoms with Crippen molar-refractivity contribution >= 4 is 17.4 Å². The Morgan fingerprint density at radius 2 is 2.54 bits per heavy atom. The molecule has 0 radical (unpaired) electrons. The highest BCUT2D eigenvalue weighted by Gasteiger charge is 2.24. The molecule has 2 rings (SSSR count). The summed E-state index contributed by atoms with van der Waals surface area (Å²) in [5.74, 6) is 1.63. The molecule has 1 unspecified atom stereocenters. The molecule has 1 aliphatic rings. The lowest BCUT2D eigenvalue weighted by atomic mass is 10.2. The van der Waals surface area contributed by atoms with E-state index in [1.165, 1.54) is 12.8 Å². The van der Waals surface area contributed by atoms with Crippen LogP contribution in [0.1, 0.15) is 12.8 Å². The molecule has 0 amide bonds. The second-order valence-electron chi connectivity index (χ2n) is 3.23. The van der Waals surface area contributed by atoms with E-state index < -0.39 is 0 Å². The van der Waals surface area contributed by atoms with Crippen molar-refractivity contribution in [2.24, 2.45) is 0 Å². The van der Waals surface area contributed by atoms with Gasteiger partial charge in [-0.3, -0.25) is 0 Å². The Kier molecular flexibility index (Phi) is 2.64. The van der Waals surface area contributed by atoms with E-state index >= 15 is 0 Å². The quantitative estimate of drug-likeness (QED) is 0.676. The summed E-state index contributed by atoms with van der Waals surface area (Å²) in [5, 5.41) is 7.94. The Bertz CT molecular complexity index is 265. The van der Waals surface area contributed by atoms with Crippen LogP contribution in [0.3, 0.4) is 0 Å². The molecule has 1 saturated heterocycles. The molecule has 0 N–H and O–H groups in total. The molecular formula is C9H12ClN3. The molecule has 0 bridgehead atoms. The third-order valence-electron chi connectivity index (χ3n) is 2.41. The zero-order valence-electron chi connectivity index (χ0n) is 7.36. The SMILES string of the molecule is ClCC1CCCN1c1cccnn1. The first-order chi connectivity index (χ1) is 6.42. The Labute approximate surface area is 82.7 Å². The number of hydrogen-bond acceptors (Lipinski definition) is 3. The lowest BCUT2D eigenvalue weighted by molar-refractivity contribution is 0.727. The normalized spacial score (nSPS) is 22.2. The summed E-state index contributed by atoms with van der Waals surface area (Å²) in [4.78, 5) is 2.24. The summed E-state index contributed by atoms with van der Waals surface area (Å²) >= 11 is 5.86. The van der Waals surface area contributed by atoms with Gasteiger partial charge in [0.2, 0.25) is 0 Å². The van der Waals surface area contributed by atoms with Gasteiger partial charge >= 0.3 is 0 Å². The second kappa shape index (κ2) is 3.92. The number of aromatic nitrogens is 2. The van der Waals surface area contributed by atoms with E-state index in [9.17, 15) is 0 Å². The summed E-state index contributed by atoms with van der Waals surface area (Å²) in [5.41, 5.74) is 0. The largest absolute Gasteiger partial charge is 0.351 e. The third kappa shape index (κ3) is 1.75. The second-order valence-corrected chi connectivity index (χ2v) is 3.53. The number of halogens is 1. The Morgan fingerprint density at radius 3 is 3.23 bits per heavy atom. The number of hydrogen-bond donors (Lipinski definition) is 0. The van der Waals surface area contributed by atoms with Gasteiger partial charge in [0.1, 0.15) is 0 Å². The predicted molar refractivity (Wildman–Crippen MR) is 53.1 cm³/mol. The fourth-order valence-corrected chi connectivity index (χ4v) is 2.07. The van der Waals surface area contributed by atoms with Crippen LogP contribution >= 0.6 is 11.6 Å². The van der Waals surface area contributed by atoms with Gasteiger partial charge < -0.3 is 4.90 Å². The number of nitrogens with zero attached hydrogens (tertiary/aromatic N) is 3. The van der Waals surface area contributed by atoms with Crippen LogP contribution in [-0.4, -0.2) is 28.7 Å². The zero-order chi connectivity index (χ0) is 9.10. The highest BCUT2D eigenvalue weighted by molar-refractivity contribution is 6.18. The van der Waals surface area contributed by atoms with Crippen molar-refractivity contribution in [1.29, 1.82) is 0 Å². The minimum Gasteiger partial charge on any atom is -0.351 e. The Hall–Kier alpha value is -0.830. The minimum atomic E-state index is 0.443. The topological polar surface area (TPSA) is 29.0 Å². The first-order valence-corrected chi connectivity index (χ1v) is 5.05. The smallest absolute Gasteiger partial charge is 0.151 e. The summed E-state index contributed by atoms with van der Waals surface area (Å²) < 4.78 is 0. The van der Waals surface area contributed by atoms with Crippen LogP contribution in [0, 0.1) is 0 Å². The van der Waals surface area contributed by atoms with Crippen molar-refractivity contribution in [3.05, 3.63) is 18.3 Å². The van der Waals surface area contributed by atoms with E-state index in [0.717, 1.165) is 12.4 Å². The van der Waals surface area contributed by atoms with Gasteiger partial charge in [-0.05, 0) is 25.0 Å². The monoisotopic (exact) mass is 197 g/mol. The first kappa shape index (κ1) is 8.75. The Balaban J connectivity index is 2.16. The first-order valence-electron chi connectivity index (χ1n) is 4.52. The summed E-state index contributed by atoms with van der Waals surface area (Å²) in [6.45, 7) is 1.05. The highest BCUT2D eigenvalue weighted by Crippen LogP contribution is 2.23. The molecule has 1 aromatic rings. The lowest BCUT2D eigenvalue weighted by Crippen LogP contribution is -2.31. The minimum absolute atomic E-state index is 0.443. The van der Waals surface area contributed by atoms with Gasteiger partial charge in [0.05, 0.1) is 0 Å². The van der Waals surface area contributed by atoms with Crippen LogP contribution < -0.4 is 4.90 Å². The molecule has 0 spiro atoms. The van der Waals surface area contributed by atoms with Crippen LogP contribution in [0.15, 0.2) is 18.3 Å². The molecule has 0 saturated carbocycles. The van der Waals surface area contributed by atoms with E-state index in [0.29, 0.717) is 11.9 Å². The maximum atomic E-state index is 5.86. The molecule has 2 heterocycles. The molecule has 0 aromatic carbocycles. The average molecular weight is 198 g/mol. The standard InChI is InChI=1S/C9H12ClN3/c10-7-8-3-2-6-13(8)9-4-1-5-11-12-9/h1,4-5,8H,2-3,6-7H2. The molecule has 1 aromatic heterocycles. The molecule has 1 atom stereocenters. The Morgan fingerprint density at radius 1 is 1.62 bits per heavy atom. The van der Waals surface area contributed by atoms with E-state index in [-0.39, 0.29) is 0 Å². The molecule has 3 nitrogen and oxygen atoms in total. The van der Waals surface area contributed by atoms with Crippen LogP contribution in [-0.2, 0) is 0 Å². The molecule has 0 aliphatic carbocycles. The van der Waals surface area contributed by atoms with Gasteiger partial charge in [-0.2, -0.15) is 5.10 Å². The van der Waals surface area contributed by atoms with Gasteiger partial charge in [-0.15, -0.1) is 16.7 Å². The van der Waals surface area contributed by atoms with Crippen molar-refractivity contribution in [3.8, 4) is 0 Å². The van der Waals surface area contributed by atoms with E-state index in [4.69, 9.17) is 11.6 Å². The number of alkyl halides is 1. The van der Waals surface area contributed by atoms with Crippen LogP contribution in [0.25, 0.3) is 0 Å². The number of rotatable bonds is 2. The van der Waals surface area contributed by atoms with Crippen molar-refractivity contribution in [2.75, 3.05) is 17.3 Å². The molecule has 1 aliphatic heterocycles. The predicted octanol–water partition coefficient (Wildman–Crippen LogP) is 1.68. The molecule has 13 heavy (non-hydrogen) atoms. The van der Waals surface area contributed by atoms with Crippen LogP contribution in [0.5, 0.6) is 0 Å². The summed E-state index contributed by atoms with van der Waals surface area (Å²) in [6, 6.07) is 4.34. The summed E-state index contributed by atoms with van der Waals surface area (Å²) in [6.07, 6.45) is 4.06. The van der Waals surface area contributed by atoms with Gasteiger partial charge in [-0.25, -0.2) is 0 Å². The maximum Gasteiger partial charge on any atom is 0.151 e. The van der Waals surface area contributed by atoms with Crippen LogP contribution in [0.2, 0.25) is 0 Å². The zero-order valence-corrected chi connectivity index (χ0v) is 8.11. The average Bonchev–Trinajstić information content (AvgIpc) is 2.67.